The third-order valence-electron chi connectivity index (χ3n) is 4.05. The van der Waals surface area contributed by atoms with Crippen molar-refractivity contribution in [2.45, 2.75) is 34.6 Å². The van der Waals surface area contributed by atoms with E-state index >= 15 is 0 Å². The molecule has 0 radical (unpaired) electrons. The highest BCUT2D eigenvalue weighted by Gasteiger charge is 2.84. The Morgan fingerprint density at radius 3 is 1.67 bits per heavy atom. The number of sulfone groups is 1. The molecular formula is C18H12F9O4S2-. The third kappa shape index (κ3) is 5.04. The van der Waals surface area contributed by atoms with Crippen molar-refractivity contribution in [2.24, 2.45) is 0 Å². The normalized spacial score (nSPS) is 15.0. The quantitative estimate of drug-likeness (QED) is 0.328. The zero-order valence-electron chi connectivity index (χ0n) is 15.8. The Hall–Kier alpha value is -2.13. The van der Waals surface area contributed by atoms with Gasteiger partial charge in [0.1, 0.15) is 9.84 Å². The van der Waals surface area contributed by atoms with Gasteiger partial charge in [0.05, 0.1) is 4.90 Å². The molecule has 4 nitrogen and oxygen atoms in total. The molecule has 1 unspecified atom stereocenters. The minimum Gasteiger partial charge on any atom is -0.444 e. The molecule has 184 valence electrons. The molecule has 0 aromatic heterocycles. The van der Waals surface area contributed by atoms with Gasteiger partial charge in [0.2, 0.25) is 0 Å². The maximum absolute atomic E-state index is 14.3. The van der Waals surface area contributed by atoms with Crippen LogP contribution in [0.15, 0.2) is 65.6 Å². The summed E-state index contributed by atoms with van der Waals surface area (Å²) in [6.45, 7) is 0. The molecule has 0 aliphatic carbocycles. The Morgan fingerprint density at radius 2 is 1.21 bits per heavy atom. The first-order valence-electron chi connectivity index (χ1n) is 8.46. The molecule has 33 heavy (non-hydrogen) atoms. The fraction of sp³-hybridized carbons (Fsp3) is 0.278. The van der Waals surface area contributed by atoms with E-state index in [4.69, 9.17) is 0 Å². The molecule has 0 N–H and O–H groups in total. The van der Waals surface area contributed by atoms with Crippen molar-refractivity contribution in [3.63, 3.8) is 0 Å². The highest BCUT2D eigenvalue weighted by molar-refractivity contribution is 7.95. The van der Waals surface area contributed by atoms with Crippen molar-refractivity contribution < 1.29 is 56.3 Å². The van der Waals surface area contributed by atoms with Crippen LogP contribution in [0.3, 0.4) is 0 Å². The van der Waals surface area contributed by atoms with E-state index < -0.39 is 56.1 Å². The van der Waals surface area contributed by atoms with Crippen LogP contribution in [0.2, 0.25) is 0 Å². The van der Waals surface area contributed by atoms with Crippen molar-refractivity contribution in [1.29, 1.82) is 0 Å². The third-order valence-corrected chi connectivity index (χ3v) is 6.92. The lowest BCUT2D eigenvalue weighted by molar-refractivity contribution is -0.382. The molecule has 2 rings (SSSR count). The largest absolute Gasteiger partial charge is 0.460 e. The highest BCUT2D eigenvalue weighted by Crippen LogP contribution is 2.56. The van der Waals surface area contributed by atoms with Gasteiger partial charge in [-0.2, -0.15) is 39.5 Å². The van der Waals surface area contributed by atoms with Crippen molar-refractivity contribution in [1.82, 2.24) is 0 Å². The summed E-state index contributed by atoms with van der Waals surface area (Å²) in [5.74, 6) is -14.9. The minimum absolute atomic E-state index is 0.206. The van der Waals surface area contributed by atoms with Crippen molar-refractivity contribution >= 4 is 20.9 Å². The van der Waals surface area contributed by atoms with Crippen LogP contribution < -0.4 is 0 Å². The molecule has 2 aromatic carbocycles. The summed E-state index contributed by atoms with van der Waals surface area (Å²) >= 11 is -2.94. The maximum atomic E-state index is 14.3. The predicted molar refractivity (Wildman–Crippen MR) is 97.1 cm³/mol. The molecule has 0 aliphatic rings. The number of alkyl halides is 9. The molecule has 15 heteroatoms. The van der Waals surface area contributed by atoms with Gasteiger partial charge in [-0.05, 0) is 12.1 Å². The number of hydrogen-bond acceptors (Lipinski definition) is 4. The maximum Gasteiger partial charge on any atom is 0.460 e. The van der Waals surface area contributed by atoms with E-state index in [-0.39, 0.29) is 10.5 Å². The first-order valence-corrected chi connectivity index (χ1v) is 11.0. The second kappa shape index (κ2) is 9.25. The number of benzene rings is 2. The molecule has 0 amide bonds. The Morgan fingerprint density at radius 1 is 0.758 bits per heavy atom. The second-order valence-electron chi connectivity index (χ2n) is 6.33. The predicted octanol–water partition coefficient (Wildman–Crippen LogP) is 5.30. The van der Waals surface area contributed by atoms with Gasteiger partial charge < -0.3 is 4.18 Å². The van der Waals surface area contributed by atoms with Crippen LogP contribution in [-0.4, -0.2) is 35.9 Å². The topological polar surface area (TPSA) is 60.4 Å². The molecule has 0 heterocycles. The van der Waals surface area contributed by atoms with E-state index in [9.17, 15) is 52.1 Å². The Kier molecular flexibility index (Phi) is 7.60. The molecule has 0 bridgehead atoms. The standard InChI is InChI=1S/C18H12F9O4S2/c19-15(20,17(23,24)25)16(21,22)18(26,27)33(29,30)14(11-12-7-3-1-4-8-12)31-32(28)13-9-5-2-6-10-13/h1-10H,11H2/q-1. The summed E-state index contributed by atoms with van der Waals surface area (Å²) in [6, 6.07) is 12.1. The Bertz CT molecular complexity index is 1070. The molecule has 2 aromatic rings. The van der Waals surface area contributed by atoms with Gasteiger partial charge in [-0.15, -0.1) is 6.42 Å². The van der Waals surface area contributed by atoms with Crippen molar-refractivity contribution in [3.05, 3.63) is 71.7 Å². The number of halogens is 9. The molecule has 0 saturated carbocycles. The fourth-order valence-electron chi connectivity index (χ4n) is 2.27. The second-order valence-corrected chi connectivity index (χ2v) is 9.41. The van der Waals surface area contributed by atoms with Gasteiger partial charge in [-0.1, -0.05) is 59.5 Å². The number of rotatable bonds is 9. The van der Waals surface area contributed by atoms with E-state index in [1.165, 1.54) is 36.4 Å². The highest BCUT2D eigenvalue weighted by atomic mass is 32.2. The van der Waals surface area contributed by atoms with E-state index in [1.807, 2.05) is 0 Å². The van der Waals surface area contributed by atoms with Gasteiger partial charge in [-0.25, -0.2) is 4.21 Å². The van der Waals surface area contributed by atoms with Crippen LogP contribution in [0.1, 0.15) is 5.56 Å². The summed E-state index contributed by atoms with van der Waals surface area (Å²) in [5, 5.41) is -7.01. The summed E-state index contributed by atoms with van der Waals surface area (Å²) in [5.41, 5.74) is -2.30. The Balaban J connectivity index is 2.56. The van der Waals surface area contributed by atoms with Crippen LogP contribution in [0.5, 0.6) is 0 Å². The Labute approximate surface area is 183 Å². The van der Waals surface area contributed by atoms with Crippen LogP contribution in [0.25, 0.3) is 0 Å². The fourth-order valence-corrected chi connectivity index (χ4v) is 4.62. The summed E-state index contributed by atoms with van der Waals surface area (Å²) in [6.07, 6.45) is -8.52. The minimum atomic E-state index is -7.45. The smallest absolute Gasteiger partial charge is 0.444 e. The average Bonchev–Trinajstić information content (AvgIpc) is 2.73. The molecule has 0 saturated heterocycles. The van der Waals surface area contributed by atoms with Gasteiger partial charge in [-0.3, -0.25) is 8.42 Å². The van der Waals surface area contributed by atoms with E-state index in [0.717, 1.165) is 24.3 Å². The summed E-state index contributed by atoms with van der Waals surface area (Å²) < 4.78 is 161. The zero-order chi connectivity index (χ0) is 25.3. The SMILES string of the molecule is O=S(O[C-](Cc1ccccc1)S(=O)(=O)C(F)(F)C(F)(F)C(F)(F)C(F)(F)F)c1ccccc1. The van der Waals surface area contributed by atoms with E-state index in [1.54, 1.807) is 0 Å². The van der Waals surface area contributed by atoms with Crippen LogP contribution in [0, 0.1) is 5.44 Å². The molecular weight excluding hydrogens is 515 g/mol. The summed E-state index contributed by atoms with van der Waals surface area (Å²) in [7, 11) is -7.06. The van der Waals surface area contributed by atoms with Gasteiger partial charge >= 0.3 is 23.3 Å². The lowest BCUT2D eigenvalue weighted by atomic mass is 10.1. The average molecular weight is 527 g/mol. The lowest BCUT2D eigenvalue weighted by Crippen LogP contribution is -2.64. The molecule has 1 atom stereocenters. The van der Waals surface area contributed by atoms with Crippen molar-refractivity contribution in [3.8, 4) is 0 Å². The van der Waals surface area contributed by atoms with Crippen LogP contribution >= 0.6 is 0 Å². The number of hydrogen-bond donors (Lipinski definition) is 0. The van der Waals surface area contributed by atoms with Gasteiger partial charge in [0.25, 0.3) is 0 Å². The van der Waals surface area contributed by atoms with Gasteiger partial charge in [0, 0.05) is 0 Å². The van der Waals surface area contributed by atoms with Crippen molar-refractivity contribution in [2.75, 3.05) is 0 Å². The molecule has 0 fully saturated rings. The molecule has 0 spiro atoms. The summed E-state index contributed by atoms with van der Waals surface area (Å²) in [4.78, 5) is -0.339. The first-order chi connectivity index (χ1) is 15.0. The first kappa shape index (κ1) is 27.1. The zero-order valence-corrected chi connectivity index (χ0v) is 17.5. The monoisotopic (exact) mass is 527 g/mol. The molecule has 0 aliphatic heterocycles. The lowest BCUT2D eigenvalue weighted by Gasteiger charge is -2.39. The van der Waals surface area contributed by atoms with E-state index in [0.29, 0.717) is 0 Å². The van der Waals surface area contributed by atoms with Gasteiger partial charge in [0.15, 0.2) is 11.1 Å². The van der Waals surface area contributed by atoms with Crippen LogP contribution in [0.4, 0.5) is 39.5 Å². The van der Waals surface area contributed by atoms with E-state index in [2.05, 4.69) is 4.18 Å². The van der Waals surface area contributed by atoms with Crippen LogP contribution in [-0.2, 0) is 31.5 Å².